The van der Waals surface area contributed by atoms with E-state index in [1.54, 1.807) is 6.07 Å². The van der Waals surface area contributed by atoms with Crippen molar-refractivity contribution in [2.45, 2.75) is 71.1 Å². The molecule has 1 aromatic carbocycles. The number of ether oxygens (including phenoxy) is 2. The Morgan fingerprint density at radius 1 is 1.07 bits per heavy atom. The largest absolute Gasteiger partial charge is 0.494 e. The van der Waals surface area contributed by atoms with Gasteiger partial charge in [-0.05, 0) is 37.1 Å². The molecule has 0 amide bonds. The predicted octanol–water partition coefficient (Wildman–Crippen LogP) is 6.23. The van der Waals surface area contributed by atoms with Crippen LogP contribution in [0.2, 0.25) is 0 Å². The Balaban J connectivity index is 1.99. The van der Waals surface area contributed by atoms with Crippen molar-refractivity contribution >= 4 is 0 Å². The molecule has 1 aliphatic rings. The fourth-order valence-corrected chi connectivity index (χ4v) is 3.63. The standard InChI is InChI=1S/C22H34F3NO2/c1-3-5-6-7-8-9-14-27-18-10-11-19(20(16-18)22(23,24)25)21-17-26(12-4-2)13-15-28-21/h10-11,16,21H,3-9,12-15,17H2,1-2H3. The molecular formula is C22H34F3NO2. The van der Waals surface area contributed by atoms with Gasteiger partial charge in [-0.25, -0.2) is 0 Å². The number of unbranched alkanes of at least 4 members (excludes halogenated alkanes) is 5. The highest BCUT2D eigenvalue weighted by atomic mass is 19.4. The Kier molecular flexibility index (Phi) is 9.59. The first-order valence-electron chi connectivity index (χ1n) is 10.6. The van der Waals surface area contributed by atoms with E-state index < -0.39 is 17.8 Å². The van der Waals surface area contributed by atoms with E-state index in [1.165, 1.54) is 25.3 Å². The smallest absolute Gasteiger partial charge is 0.416 e. The van der Waals surface area contributed by atoms with E-state index in [2.05, 4.69) is 18.7 Å². The number of morpholine rings is 1. The van der Waals surface area contributed by atoms with Crippen LogP contribution in [0.15, 0.2) is 18.2 Å². The molecule has 1 heterocycles. The number of rotatable bonds is 11. The van der Waals surface area contributed by atoms with Crippen LogP contribution in [0.1, 0.15) is 76.0 Å². The Labute approximate surface area is 167 Å². The van der Waals surface area contributed by atoms with Crippen LogP contribution in [0.5, 0.6) is 5.75 Å². The molecule has 1 unspecified atom stereocenters. The molecule has 2 rings (SSSR count). The van der Waals surface area contributed by atoms with E-state index in [9.17, 15) is 13.2 Å². The molecule has 0 radical (unpaired) electrons. The molecule has 1 fully saturated rings. The second-order valence-electron chi connectivity index (χ2n) is 7.52. The zero-order valence-electron chi connectivity index (χ0n) is 17.2. The average Bonchev–Trinajstić information content (AvgIpc) is 2.67. The van der Waals surface area contributed by atoms with Crippen molar-refractivity contribution in [3.63, 3.8) is 0 Å². The zero-order chi connectivity index (χ0) is 20.4. The Hall–Kier alpha value is -1.27. The van der Waals surface area contributed by atoms with Crippen LogP contribution in [0.25, 0.3) is 0 Å². The van der Waals surface area contributed by atoms with E-state index in [0.717, 1.165) is 44.8 Å². The molecule has 0 aliphatic carbocycles. The van der Waals surface area contributed by atoms with Gasteiger partial charge in [-0.1, -0.05) is 52.0 Å². The lowest BCUT2D eigenvalue weighted by Gasteiger charge is -2.34. The number of hydrogen-bond acceptors (Lipinski definition) is 3. The summed E-state index contributed by atoms with van der Waals surface area (Å²) in [5.74, 6) is 0.283. The lowest BCUT2D eigenvalue weighted by atomic mass is 10.00. The minimum atomic E-state index is -4.43. The van der Waals surface area contributed by atoms with Crippen molar-refractivity contribution in [1.29, 1.82) is 0 Å². The Bertz CT molecular complexity index is 575. The predicted molar refractivity (Wildman–Crippen MR) is 106 cm³/mol. The quantitative estimate of drug-likeness (QED) is 0.410. The van der Waals surface area contributed by atoms with Crippen molar-refractivity contribution in [3.05, 3.63) is 29.3 Å². The SMILES string of the molecule is CCCCCCCCOc1ccc(C2CN(CCC)CCO2)c(C(F)(F)F)c1. The molecule has 0 N–H and O–H groups in total. The van der Waals surface area contributed by atoms with Gasteiger partial charge < -0.3 is 9.47 Å². The van der Waals surface area contributed by atoms with Crippen LogP contribution in [0.3, 0.4) is 0 Å². The maximum Gasteiger partial charge on any atom is 0.416 e. The summed E-state index contributed by atoms with van der Waals surface area (Å²) >= 11 is 0. The van der Waals surface area contributed by atoms with Crippen LogP contribution >= 0.6 is 0 Å². The molecule has 1 saturated heterocycles. The van der Waals surface area contributed by atoms with Crippen LogP contribution in [0.4, 0.5) is 13.2 Å². The molecule has 0 aromatic heterocycles. The van der Waals surface area contributed by atoms with Gasteiger partial charge in [0.05, 0.1) is 24.9 Å². The van der Waals surface area contributed by atoms with Crippen molar-refractivity contribution < 1.29 is 22.6 Å². The third-order valence-electron chi connectivity index (χ3n) is 5.13. The lowest BCUT2D eigenvalue weighted by molar-refractivity contribution is -0.140. The monoisotopic (exact) mass is 401 g/mol. The first kappa shape index (κ1) is 23.0. The summed E-state index contributed by atoms with van der Waals surface area (Å²) in [6.45, 7) is 7.29. The topological polar surface area (TPSA) is 21.7 Å². The second-order valence-corrected chi connectivity index (χ2v) is 7.52. The van der Waals surface area contributed by atoms with Crippen molar-refractivity contribution in [1.82, 2.24) is 4.90 Å². The van der Waals surface area contributed by atoms with Crippen LogP contribution < -0.4 is 4.74 Å². The van der Waals surface area contributed by atoms with Gasteiger partial charge in [0.15, 0.2) is 0 Å². The van der Waals surface area contributed by atoms with E-state index in [0.29, 0.717) is 19.8 Å². The van der Waals surface area contributed by atoms with Gasteiger partial charge in [0, 0.05) is 13.1 Å². The minimum Gasteiger partial charge on any atom is -0.494 e. The molecule has 160 valence electrons. The van der Waals surface area contributed by atoms with Gasteiger partial charge in [0.25, 0.3) is 0 Å². The van der Waals surface area contributed by atoms with E-state index in [4.69, 9.17) is 9.47 Å². The first-order valence-corrected chi connectivity index (χ1v) is 10.6. The third kappa shape index (κ3) is 7.28. The first-order chi connectivity index (χ1) is 13.5. The molecule has 3 nitrogen and oxygen atoms in total. The average molecular weight is 402 g/mol. The summed E-state index contributed by atoms with van der Waals surface area (Å²) in [4.78, 5) is 2.16. The number of nitrogens with zero attached hydrogens (tertiary/aromatic N) is 1. The summed E-state index contributed by atoms with van der Waals surface area (Å²) in [6, 6.07) is 4.30. The number of halogens is 3. The van der Waals surface area contributed by atoms with Crippen LogP contribution in [0, 0.1) is 0 Å². The van der Waals surface area contributed by atoms with E-state index in [-0.39, 0.29) is 11.3 Å². The molecule has 1 atom stereocenters. The lowest BCUT2D eigenvalue weighted by Crippen LogP contribution is -2.39. The van der Waals surface area contributed by atoms with Gasteiger partial charge in [-0.15, -0.1) is 0 Å². The fraction of sp³-hybridized carbons (Fsp3) is 0.727. The highest BCUT2D eigenvalue weighted by Gasteiger charge is 2.37. The molecular weight excluding hydrogens is 367 g/mol. The maximum atomic E-state index is 13.7. The Morgan fingerprint density at radius 3 is 2.54 bits per heavy atom. The highest BCUT2D eigenvalue weighted by Crippen LogP contribution is 2.38. The molecule has 6 heteroatoms. The van der Waals surface area contributed by atoms with E-state index in [1.807, 2.05) is 0 Å². The zero-order valence-corrected chi connectivity index (χ0v) is 17.2. The number of benzene rings is 1. The van der Waals surface area contributed by atoms with Gasteiger partial charge in [0.1, 0.15) is 5.75 Å². The van der Waals surface area contributed by atoms with Gasteiger partial charge in [0.2, 0.25) is 0 Å². The molecule has 1 aliphatic heterocycles. The summed E-state index contributed by atoms with van der Waals surface area (Å²) < 4.78 is 52.3. The second kappa shape index (κ2) is 11.7. The van der Waals surface area contributed by atoms with Gasteiger partial charge >= 0.3 is 6.18 Å². The van der Waals surface area contributed by atoms with Gasteiger partial charge in [-0.3, -0.25) is 4.90 Å². The molecule has 0 spiro atoms. The number of alkyl halides is 3. The summed E-state index contributed by atoms with van der Waals surface area (Å²) in [6.07, 6.45) is 2.70. The summed E-state index contributed by atoms with van der Waals surface area (Å²) in [5, 5.41) is 0. The van der Waals surface area contributed by atoms with Gasteiger partial charge in [-0.2, -0.15) is 13.2 Å². The Morgan fingerprint density at radius 2 is 1.82 bits per heavy atom. The van der Waals surface area contributed by atoms with Crippen molar-refractivity contribution in [2.75, 3.05) is 32.8 Å². The number of hydrogen-bond donors (Lipinski definition) is 0. The van der Waals surface area contributed by atoms with E-state index >= 15 is 0 Å². The van der Waals surface area contributed by atoms with Crippen molar-refractivity contribution in [2.24, 2.45) is 0 Å². The third-order valence-corrected chi connectivity index (χ3v) is 5.13. The fourth-order valence-electron chi connectivity index (χ4n) is 3.63. The highest BCUT2D eigenvalue weighted by molar-refractivity contribution is 5.39. The minimum absolute atomic E-state index is 0.209. The molecule has 28 heavy (non-hydrogen) atoms. The molecule has 0 bridgehead atoms. The van der Waals surface area contributed by atoms with Crippen LogP contribution in [-0.4, -0.2) is 37.7 Å². The maximum absolute atomic E-state index is 13.7. The molecule has 1 aromatic rings. The molecule has 0 saturated carbocycles. The normalized spacial score (nSPS) is 18.4. The van der Waals surface area contributed by atoms with Crippen LogP contribution in [-0.2, 0) is 10.9 Å². The summed E-state index contributed by atoms with van der Waals surface area (Å²) in [5.41, 5.74) is -0.434. The van der Waals surface area contributed by atoms with Crippen molar-refractivity contribution in [3.8, 4) is 5.75 Å². The summed E-state index contributed by atoms with van der Waals surface area (Å²) in [7, 11) is 0.